The number of hydrogen-bond acceptors (Lipinski definition) is 3. The summed E-state index contributed by atoms with van der Waals surface area (Å²) in [6, 6.07) is 0. The summed E-state index contributed by atoms with van der Waals surface area (Å²) in [5.74, 6) is 0.380. The van der Waals surface area contributed by atoms with Crippen LogP contribution in [0.4, 0.5) is 5.69 Å². The molecule has 3 N–H and O–H groups in total. The summed E-state index contributed by atoms with van der Waals surface area (Å²) in [4.78, 5) is 0. The molecule has 0 radical (unpaired) electrons. The van der Waals surface area contributed by atoms with E-state index in [9.17, 15) is 0 Å². The Kier molecular flexibility index (Phi) is 2.49. The number of nitrogens with two attached hydrogens (primary N) is 1. The summed E-state index contributed by atoms with van der Waals surface area (Å²) in [5, 5.41) is 7.10. The van der Waals surface area contributed by atoms with Crippen LogP contribution in [0, 0.1) is 0 Å². The molecule has 4 nitrogen and oxygen atoms in total. The molecule has 0 aliphatic carbocycles. The first-order valence-corrected chi connectivity index (χ1v) is 5.78. The minimum atomic E-state index is -0.113. The lowest BCUT2D eigenvalue weighted by Crippen LogP contribution is -2.44. The minimum Gasteiger partial charge on any atom is -0.396 e. The van der Waals surface area contributed by atoms with E-state index in [1.54, 1.807) is 6.20 Å². The highest BCUT2D eigenvalue weighted by molar-refractivity contribution is 5.42. The smallest absolute Gasteiger partial charge is 0.0884 e. The first-order valence-electron chi connectivity index (χ1n) is 5.78. The fourth-order valence-electron chi connectivity index (χ4n) is 2.92. The van der Waals surface area contributed by atoms with Gasteiger partial charge in [0, 0.05) is 12.1 Å². The van der Waals surface area contributed by atoms with Crippen LogP contribution in [-0.4, -0.2) is 21.4 Å². The van der Waals surface area contributed by atoms with Gasteiger partial charge in [-0.25, -0.2) is 0 Å². The van der Waals surface area contributed by atoms with Gasteiger partial charge in [-0.15, -0.1) is 0 Å². The zero-order valence-corrected chi connectivity index (χ0v) is 10.5. The van der Waals surface area contributed by atoms with Crippen molar-refractivity contribution in [1.82, 2.24) is 10.2 Å². The molecule has 0 amide bonds. The SMILES string of the molecule is CC1(C)CC(c2n[nH]cc2N)CC(C)(C)O1. The summed E-state index contributed by atoms with van der Waals surface area (Å²) < 4.78 is 6.05. The number of nitrogens with one attached hydrogen (secondary N) is 1. The average molecular weight is 223 g/mol. The molecule has 0 bridgehead atoms. The standard InChI is InChI=1S/C12H21N3O/c1-11(2)5-8(6-12(3,4)16-11)10-9(13)7-14-15-10/h7-8H,5-6,13H2,1-4H3,(H,14,15). The molecule has 1 fully saturated rings. The maximum Gasteiger partial charge on any atom is 0.0884 e. The van der Waals surface area contributed by atoms with Gasteiger partial charge in [0.2, 0.25) is 0 Å². The molecule has 1 aromatic heterocycles. The Morgan fingerprint density at radius 2 is 1.88 bits per heavy atom. The lowest BCUT2D eigenvalue weighted by molar-refractivity contribution is -0.162. The third-order valence-corrected chi connectivity index (χ3v) is 3.12. The second-order valence-corrected chi connectivity index (χ2v) is 5.95. The van der Waals surface area contributed by atoms with Gasteiger partial charge in [-0.2, -0.15) is 5.10 Å². The molecule has 90 valence electrons. The molecule has 2 heterocycles. The van der Waals surface area contributed by atoms with E-state index in [1.165, 1.54) is 0 Å². The Hall–Kier alpha value is -1.03. The average Bonchev–Trinajstić information content (AvgIpc) is 2.45. The third kappa shape index (κ3) is 2.21. The topological polar surface area (TPSA) is 63.9 Å². The number of anilines is 1. The monoisotopic (exact) mass is 223 g/mol. The van der Waals surface area contributed by atoms with Crippen molar-refractivity contribution >= 4 is 5.69 Å². The van der Waals surface area contributed by atoms with Gasteiger partial charge in [0.1, 0.15) is 0 Å². The van der Waals surface area contributed by atoms with Gasteiger partial charge in [-0.05, 0) is 40.5 Å². The Morgan fingerprint density at radius 1 is 1.31 bits per heavy atom. The zero-order chi connectivity index (χ0) is 12.0. The number of H-pyrrole nitrogens is 1. The van der Waals surface area contributed by atoms with Gasteiger partial charge in [0.25, 0.3) is 0 Å². The first kappa shape index (κ1) is 11.5. The fourth-order valence-corrected chi connectivity index (χ4v) is 2.92. The van der Waals surface area contributed by atoms with Gasteiger partial charge in [0.05, 0.1) is 22.6 Å². The molecule has 0 spiro atoms. The number of ether oxygens (including phenoxy) is 1. The van der Waals surface area contributed by atoms with Crippen LogP contribution in [0.15, 0.2) is 6.20 Å². The predicted molar refractivity (Wildman–Crippen MR) is 64.2 cm³/mol. The zero-order valence-electron chi connectivity index (χ0n) is 10.5. The Labute approximate surface area is 96.6 Å². The summed E-state index contributed by atoms with van der Waals surface area (Å²) in [7, 11) is 0. The fraction of sp³-hybridized carbons (Fsp3) is 0.750. The molecule has 1 aromatic rings. The minimum absolute atomic E-state index is 0.113. The Balaban J connectivity index is 2.26. The second-order valence-electron chi connectivity index (χ2n) is 5.95. The normalized spacial score (nSPS) is 24.5. The highest BCUT2D eigenvalue weighted by Crippen LogP contribution is 2.43. The van der Waals surface area contributed by atoms with E-state index < -0.39 is 0 Å². The van der Waals surface area contributed by atoms with E-state index in [4.69, 9.17) is 10.5 Å². The van der Waals surface area contributed by atoms with Gasteiger partial charge >= 0.3 is 0 Å². The number of aromatic amines is 1. The van der Waals surface area contributed by atoms with Crippen molar-refractivity contribution in [2.75, 3.05) is 5.73 Å². The van der Waals surface area contributed by atoms with Gasteiger partial charge in [0.15, 0.2) is 0 Å². The molecular formula is C12H21N3O. The van der Waals surface area contributed by atoms with Crippen molar-refractivity contribution < 1.29 is 4.74 Å². The maximum atomic E-state index is 6.05. The van der Waals surface area contributed by atoms with Crippen LogP contribution < -0.4 is 5.73 Å². The van der Waals surface area contributed by atoms with Crippen molar-refractivity contribution in [2.45, 2.75) is 57.7 Å². The highest BCUT2D eigenvalue weighted by Gasteiger charge is 2.40. The molecule has 1 aliphatic rings. The summed E-state index contributed by atoms with van der Waals surface area (Å²) in [6.07, 6.45) is 3.68. The molecule has 0 unspecified atom stereocenters. The van der Waals surface area contributed by atoms with Crippen LogP contribution in [0.3, 0.4) is 0 Å². The highest BCUT2D eigenvalue weighted by atomic mass is 16.5. The lowest BCUT2D eigenvalue weighted by atomic mass is 9.79. The van der Waals surface area contributed by atoms with Crippen LogP contribution >= 0.6 is 0 Å². The van der Waals surface area contributed by atoms with Crippen molar-refractivity contribution in [2.24, 2.45) is 0 Å². The van der Waals surface area contributed by atoms with E-state index in [-0.39, 0.29) is 11.2 Å². The van der Waals surface area contributed by atoms with E-state index >= 15 is 0 Å². The van der Waals surface area contributed by atoms with E-state index in [2.05, 4.69) is 37.9 Å². The van der Waals surface area contributed by atoms with Crippen molar-refractivity contribution in [3.8, 4) is 0 Å². The number of aromatic nitrogens is 2. The molecule has 1 aliphatic heterocycles. The van der Waals surface area contributed by atoms with E-state index in [0.29, 0.717) is 5.92 Å². The summed E-state index contributed by atoms with van der Waals surface area (Å²) >= 11 is 0. The molecule has 4 heteroatoms. The molecule has 0 aromatic carbocycles. The number of hydrogen-bond donors (Lipinski definition) is 2. The quantitative estimate of drug-likeness (QED) is 0.768. The van der Waals surface area contributed by atoms with Gasteiger partial charge in [-0.3, -0.25) is 5.10 Å². The molecule has 0 saturated carbocycles. The Bertz CT molecular complexity index is 365. The van der Waals surface area contributed by atoms with Crippen LogP contribution in [0.25, 0.3) is 0 Å². The van der Waals surface area contributed by atoms with E-state index in [1.807, 2.05) is 0 Å². The lowest BCUT2D eigenvalue weighted by Gasteiger charge is -2.45. The number of nitrogens with zero attached hydrogens (tertiary/aromatic N) is 1. The van der Waals surface area contributed by atoms with Crippen LogP contribution in [0.5, 0.6) is 0 Å². The van der Waals surface area contributed by atoms with Gasteiger partial charge < -0.3 is 10.5 Å². The Morgan fingerprint density at radius 3 is 2.31 bits per heavy atom. The molecule has 0 atom stereocenters. The van der Waals surface area contributed by atoms with Crippen LogP contribution in [0.2, 0.25) is 0 Å². The maximum absolute atomic E-state index is 6.05. The largest absolute Gasteiger partial charge is 0.396 e. The third-order valence-electron chi connectivity index (χ3n) is 3.12. The van der Waals surface area contributed by atoms with Crippen molar-refractivity contribution in [1.29, 1.82) is 0 Å². The molecule has 2 rings (SSSR count). The van der Waals surface area contributed by atoms with Crippen LogP contribution in [0.1, 0.15) is 52.1 Å². The summed E-state index contributed by atoms with van der Waals surface area (Å²) in [5.41, 5.74) is 7.44. The predicted octanol–water partition coefficient (Wildman–Crippen LogP) is 2.44. The molecule has 16 heavy (non-hydrogen) atoms. The molecule has 1 saturated heterocycles. The second kappa shape index (κ2) is 3.48. The number of rotatable bonds is 1. The van der Waals surface area contributed by atoms with E-state index in [0.717, 1.165) is 24.2 Å². The van der Waals surface area contributed by atoms with Crippen molar-refractivity contribution in [3.05, 3.63) is 11.9 Å². The first-order chi connectivity index (χ1) is 7.29. The number of nitrogen functional groups attached to an aromatic ring is 1. The summed E-state index contributed by atoms with van der Waals surface area (Å²) in [6.45, 7) is 8.51. The molecular weight excluding hydrogens is 202 g/mol. The van der Waals surface area contributed by atoms with Crippen molar-refractivity contribution in [3.63, 3.8) is 0 Å². The van der Waals surface area contributed by atoms with Crippen LogP contribution in [-0.2, 0) is 4.74 Å². The van der Waals surface area contributed by atoms with Gasteiger partial charge in [-0.1, -0.05) is 0 Å².